The number of ether oxygens (including phenoxy) is 1. The van der Waals surface area contributed by atoms with Gasteiger partial charge in [-0.15, -0.1) is 0 Å². The molecule has 0 aliphatic rings. The number of hydrazine groups is 1. The van der Waals surface area contributed by atoms with Gasteiger partial charge in [-0.3, -0.25) is 4.79 Å². The number of phenols is 1. The van der Waals surface area contributed by atoms with Gasteiger partial charge in [0.1, 0.15) is 11.5 Å². The molecule has 0 heterocycles. The number of nitrogens with zero attached hydrogens (tertiary/aromatic N) is 1. The van der Waals surface area contributed by atoms with Crippen molar-refractivity contribution in [3.63, 3.8) is 0 Å². The number of para-hydroxylation sites is 1. The highest BCUT2D eigenvalue weighted by molar-refractivity contribution is 5.93. The second-order valence-corrected chi connectivity index (χ2v) is 4.71. The van der Waals surface area contributed by atoms with E-state index < -0.39 is 0 Å². The molecule has 0 aliphatic heterocycles. The molecule has 0 aliphatic carbocycles. The van der Waals surface area contributed by atoms with Crippen LogP contribution in [0, 0.1) is 0 Å². The number of benzene rings is 2. The van der Waals surface area contributed by atoms with E-state index in [2.05, 4.69) is 0 Å². The van der Waals surface area contributed by atoms with Crippen LogP contribution >= 0.6 is 0 Å². The molecule has 114 valence electrons. The number of phenolic OH excluding ortho intramolecular Hbond substituents is 1. The maximum absolute atomic E-state index is 11.4. The van der Waals surface area contributed by atoms with E-state index in [-0.39, 0.29) is 11.7 Å². The molecule has 0 atom stereocenters. The van der Waals surface area contributed by atoms with Gasteiger partial charge >= 0.3 is 0 Å². The Balaban J connectivity index is 2.37. The van der Waals surface area contributed by atoms with E-state index in [9.17, 15) is 9.90 Å². The van der Waals surface area contributed by atoms with Gasteiger partial charge < -0.3 is 9.84 Å². The maximum Gasteiger partial charge on any atom is 0.238 e. The van der Waals surface area contributed by atoms with Crippen LogP contribution in [-0.2, 0) is 4.79 Å². The van der Waals surface area contributed by atoms with Crippen molar-refractivity contribution in [2.24, 2.45) is 5.84 Å². The van der Waals surface area contributed by atoms with Crippen LogP contribution in [0.25, 0.3) is 12.2 Å². The Kier molecular flexibility index (Phi) is 4.80. The molecule has 0 unspecified atom stereocenters. The lowest BCUT2D eigenvalue weighted by molar-refractivity contribution is -0.116. The van der Waals surface area contributed by atoms with Gasteiger partial charge in [0.2, 0.25) is 5.91 Å². The summed E-state index contributed by atoms with van der Waals surface area (Å²) in [4.78, 5) is 11.4. The molecule has 0 aromatic heterocycles. The largest absolute Gasteiger partial charge is 0.508 e. The fourth-order valence-corrected chi connectivity index (χ4v) is 2.03. The van der Waals surface area contributed by atoms with E-state index in [0.717, 1.165) is 16.1 Å². The number of carbonyl (C=O) groups excluding carboxylic acids is 1. The van der Waals surface area contributed by atoms with E-state index >= 15 is 0 Å². The number of hydrogen-bond acceptors (Lipinski definition) is 4. The summed E-state index contributed by atoms with van der Waals surface area (Å²) < 4.78 is 5.23. The van der Waals surface area contributed by atoms with Gasteiger partial charge in [0, 0.05) is 18.6 Å². The summed E-state index contributed by atoms with van der Waals surface area (Å²) in [6.07, 6.45) is 3.68. The van der Waals surface area contributed by atoms with Crippen LogP contribution < -0.4 is 15.6 Å². The molecule has 3 N–H and O–H groups in total. The fourth-order valence-electron chi connectivity index (χ4n) is 2.03. The number of nitrogens with two attached hydrogens (primary N) is 1. The summed E-state index contributed by atoms with van der Waals surface area (Å²) in [5.41, 5.74) is 2.22. The minimum atomic E-state index is -0.247. The zero-order valence-corrected chi connectivity index (χ0v) is 12.5. The molecular weight excluding hydrogens is 280 g/mol. The van der Waals surface area contributed by atoms with Gasteiger partial charge in [0.25, 0.3) is 0 Å². The van der Waals surface area contributed by atoms with Crippen molar-refractivity contribution in [2.75, 3.05) is 12.1 Å². The first-order chi connectivity index (χ1) is 10.5. The fraction of sp³-hybridized carbons (Fsp3) is 0.118. The zero-order chi connectivity index (χ0) is 16.1. The minimum absolute atomic E-state index is 0.138. The molecule has 1 amide bonds. The number of aromatic hydroxyl groups is 1. The number of carbonyl (C=O) groups is 1. The Bertz CT molecular complexity index is 711. The molecule has 2 aromatic carbocycles. The number of methoxy groups -OCH3 is 1. The quantitative estimate of drug-likeness (QED) is 0.394. The first-order valence-corrected chi connectivity index (χ1v) is 6.72. The van der Waals surface area contributed by atoms with Gasteiger partial charge in [-0.1, -0.05) is 30.4 Å². The van der Waals surface area contributed by atoms with Crippen molar-refractivity contribution in [2.45, 2.75) is 6.92 Å². The Morgan fingerprint density at radius 3 is 2.55 bits per heavy atom. The van der Waals surface area contributed by atoms with Crippen molar-refractivity contribution in [3.05, 3.63) is 53.6 Å². The predicted molar refractivity (Wildman–Crippen MR) is 87.4 cm³/mol. The molecular formula is C17H18N2O3. The second kappa shape index (κ2) is 6.78. The van der Waals surface area contributed by atoms with E-state index in [0.29, 0.717) is 11.4 Å². The Morgan fingerprint density at radius 1 is 1.18 bits per heavy atom. The molecule has 0 fully saturated rings. The first kappa shape index (κ1) is 15.6. The molecule has 5 heteroatoms. The number of anilines is 1. The molecule has 0 bridgehead atoms. The van der Waals surface area contributed by atoms with Crippen molar-refractivity contribution < 1.29 is 14.6 Å². The van der Waals surface area contributed by atoms with Gasteiger partial charge in [-0.05, 0) is 23.8 Å². The standard InChI is InChI=1S/C17H18N2O3/c1-12(20)19(18)16-6-4-3-5-13(16)7-8-14-9-10-15(21)11-17(14)22-2/h3-11,21H,18H2,1-2H3/b8-7+. The summed E-state index contributed by atoms with van der Waals surface area (Å²) in [5.74, 6) is 6.23. The van der Waals surface area contributed by atoms with Crippen molar-refractivity contribution in [1.82, 2.24) is 0 Å². The van der Waals surface area contributed by atoms with Gasteiger partial charge in [0.15, 0.2) is 0 Å². The highest BCUT2D eigenvalue weighted by atomic mass is 16.5. The molecule has 22 heavy (non-hydrogen) atoms. The molecule has 0 spiro atoms. The van der Waals surface area contributed by atoms with Crippen LogP contribution in [-0.4, -0.2) is 18.1 Å². The Labute approximate surface area is 129 Å². The summed E-state index contributed by atoms with van der Waals surface area (Å²) in [5, 5.41) is 10.6. The lowest BCUT2D eigenvalue weighted by Crippen LogP contribution is -2.35. The lowest BCUT2D eigenvalue weighted by Gasteiger charge is -2.16. The summed E-state index contributed by atoms with van der Waals surface area (Å²) in [6.45, 7) is 1.41. The highest BCUT2D eigenvalue weighted by Crippen LogP contribution is 2.27. The molecule has 0 radical (unpaired) electrons. The summed E-state index contributed by atoms with van der Waals surface area (Å²) in [7, 11) is 1.54. The average Bonchev–Trinajstić information content (AvgIpc) is 2.53. The number of amides is 1. The minimum Gasteiger partial charge on any atom is -0.508 e. The summed E-state index contributed by atoms with van der Waals surface area (Å²) >= 11 is 0. The van der Waals surface area contributed by atoms with E-state index in [4.69, 9.17) is 10.6 Å². The molecule has 5 nitrogen and oxygen atoms in total. The van der Waals surface area contributed by atoms with Crippen LogP contribution in [0.4, 0.5) is 5.69 Å². The highest BCUT2D eigenvalue weighted by Gasteiger charge is 2.09. The van der Waals surface area contributed by atoms with Gasteiger partial charge in [-0.2, -0.15) is 0 Å². The topological polar surface area (TPSA) is 75.8 Å². The van der Waals surface area contributed by atoms with Crippen molar-refractivity contribution in [1.29, 1.82) is 0 Å². The van der Waals surface area contributed by atoms with Crippen LogP contribution in [0.5, 0.6) is 11.5 Å². The van der Waals surface area contributed by atoms with Gasteiger partial charge in [0.05, 0.1) is 12.8 Å². The Hall–Kier alpha value is -2.79. The van der Waals surface area contributed by atoms with Crippen molar-refractivity contribution >= 4 is 23.7 Å². The molecule has 2 rings (SSSR count). The third-order valence-corrected chi connectivity index (χ3v) is 3.20. The predicted octanol–water partition coefficient (Wildman–Crippen LogP) is 2.80. The summed E-state index contributed by atoms with van der Waals surface area (Å²) in [6, 6.07) is 12.2. The zero-order valence-electron chi connectivity index (χ0n) is 12.5. The molecule has 0 saturated carbocycles. The smallest absolute Gasteiger partial charge is 0.238 e. The lowest BCUT2D eigenvalue weighted by atomic mass is 10.1. The maximum atomic E-state index is 11.4. The normalized spacial score (nSPS) is 10.7. The number of hydrogen-bond donors (Lipinski definition) is 2. The van der Waals surface area contributed by atoms with Gasteiger partial charge in [-0.25, -0.2) is 10.9 Å². The monoisotopic (exact) mass is 298 g/mol. The third kappa shape index (κ3) is 3.45. The van der Waals surface area contributed by atoms with Crippen molar-refractivity contribution in [3.8, 4) is 11.5 Å². The van der Waals surface area contributed by atoms with E-state index in [1.807, 2.05) is 30.4 Å². The van der Waals surface area contributed by atoms with Crippen LogP contribution in [0.1, 0.15) is 18.1 Å². The van der Waals surface area contributed by atoms with Crippen LogP contribution in [0.15, 0.2) is 42.5 Å². The molecule has 0 saturated heterocycles. The number of rotatable bonds is 4. The Morgan fingerprint density at radius 2 is 1.86 bits per heavy atom. The average molecular weight is 298 g/mol. The molecule has 2 aromatic rings. The SMILES string of the molecule is COc1cc(O)ccc1/C=C/c1ccccc1N(N)C(C)=O. The third-order valence-electron chi connectivity index (χ3n) is 3.20. The van der Waals surface area contributed by atoms with E-state index in [1.165, 1.54) is 20.1 Å². The van der Waals surface area contributed by atoms with Crippen LogP contribution in [0.2, 0.25) is 0 Å². The second-order valence-electron chi connectivity index (χ2n) is 4.71. The van der Waals surface area contributed by atoms with Crippen LogP contribution in [0.3, 0.4) is 0 Å². The van der Waals surface area contributed by atoms with E-state index in [1.54, 1.807) is 18.2 Å². The first-order valence-electron chi connectivity index (χ1n) is 6.72.